The summed E-state index contributed by atoms with van der Waals surface area (Å²) in [7, 11) is -3.49. The zero-order chi connectivity index (χ0) is 16.3. The number of anilines is 1. The fraction of sp³-hybridized carbons (Fsp3) is 0.562. The second-order valence-electron chi connectivity index (χ2n) is 6.19. The van der Waals surface area contributed by atoms with Crippen molar-refractivity contribution in [3.05, 3.63) is 29.8 Å². The van der Waals surface area contributed by atoms with E-state index in [1.165, 1.54) is 4.31 Å². The fourth-order valence-corrected chi connectivity index (χ4v) is 3.60. The fourth-order valence-electron chi connectivity index (χ4n) is 2.75. The second kappa shape index (κ2) is 6.69. The molecule has 1 aliphatic heterocycles. The minimum atomic E-state index is -3.49. The van der Waals surface area contributed by atoms with Crippen molar-refractivity contribution < 1.29 is 13.2 Å². The summed E-state index contributed by atoms with van der Waals surface area (Å²) in [6, 6.07) is 7.17. The summed E-state index contributed by atoms with van der Waals surface area (Å²) in [5.74, 6) is 0.348. The minimum absolute atomic E-state index is 0.127. The van der Waals surface area contributed by atoms with E-state index in [0.717, 1.165) is 24.7 Å². The molecule has 1 heterocycles. The molecule has 1 atom stereocenters. The molecule has 22 heavy (non-hydrogen) atoms. The zero-order valence-electron chi connectivity index (χ0n) is 13.4. The number of sulfonamides is 1. The summed E-state index contributed by atoms with van der Waals surface area (Å²) < 4.78 is 25.3. The average Bonchev–Trinajstić information content (AvgIpc) is 2.44. The number of carbonyl (C=O) groups excluding carboxylic acids is 1. The van der Waals surface area contributed by atoms with Crippen molar-refractivity contribution in [1.29, 1.82) is 0 Å². The highest BCUT2D eigenvalue weighted by atomic mass is 32.2. The van der Waals surface area contributed by atoms with E-state index >= 15 is 0 Å². The summed E-state index contributed by atoms with van der Waals surface area (Å²) in [5, 5.41) is 0. The first-order valence-electron chi connectivity index (χ1n) is 7.59. The Morgan fingerprint density at radius 1 is 1.32 bits per heavy atom. The number of piperidine rings is 1. The summed E-state index contributed by atoms with van der Waals surface area (Å²) in [6.07, 6.45) is 3.24. The number of rotatable bonds is 4. The Labute approximate surface area is 133 Å². The van der Waals surface area contributed by atoms with Gasteiger partial charge in [-0.15, -0.1) is 0 Å². The molecule has 0 N–H and O–H groups in total. The van der Waals surface area contributed by atoms with Gasteiger partial charge in [-0.2, -0.15) is 0 Å². The van der Waals surface area contributed by atoms with Crippen molar-refractivity contribution in [2.75, 3.05) is 30.2 Å². The van der Waals surface area contributed by atoms with Gasteiger partial charge in [-0.25, -0.2) is 8.42 Å². The van der Waals surface area contributed by atoms with E-state index in [1.807, 2.05) is 19.1 Å². The number of hydrogen-bond donors (Lipinski definition) is 0. The number of carbonyl (C=O) groups is 1. The monoisotopic (exact) mass is 324 g/mol. The van der Waals surface area contributed by atoms with Crippen LogP contribution >= 0.6 is 0 Å². The topological polar surface area (TPSA) is 57.7 Å². The summed E-state index contributed by atoms with van der Waals surface area (Å²) in [4.78, 5) is 14.2. The molecule has 0 aliphatic carbocycles. The van der Waals surface area contributed by atoms with Crippen molar-refractivity contribution in [2.45, 2.75) is 26.7 Å². The lowest BCUT2D eigenvalue weighted by atomic mass is 10.0. The van der Waals surface area contributed by atoms with Crippen LogP contribution in [0.2, 0.25) is 0 Å². The molecular weight excluding hydrogens is 300 g/mol. The number of amides is 1. The first-order valence-corrected chi connectivity index (χ1v) is 9.44. The molecule has 2 rings (SSSR count). The maximum absolute atomic E-state index is 12.5. The van der Waals surface area contributed by atoms with E-state index in [-0.39, 0.29) is 12.5 Å². The van der Waals surface area contributed by atoms with Gasteiger partial charge in [-0.1, -0.05) is 24.6 Å². The molecule has 0 spiro atoms. The van der Waals surface area contributed by atoms with Gasteiger partial charge in [-0.3, -0.25) is 9.10 Å². The maximum Gasteiger partial charge on any atom is 0.243 e. The van der Waals surface area contributed by atoms with Gasteiger partial charge in [0.1, 0.15) is 6.54 Å². The van der Waals surface area contributed by atoms with E-state index in [4.69, 9.17) is 0 Å². The second-order valence-corrected chi connectivity index (χ2v) is 8.10. The molecule has 0 radical (unpaired) electrons. The normalized spacial score (nSPS) is 19.0. The molecule has 0 saturated carbocycles. The molecule has 1 aromatic carbocycles. The van der Waals surface area contributed by atoms with Crippen LogP contribution in [-0.2, 0) is 14.8 Å². The van der Waals surface area contributed by atoms with E-state index in [2.05, 4.69) is 6.92 Å². The van der Waals surface area contributed by atoms with Crippen LogP contribution in [0.25, 0.3) is 0 Å². The average molecular weight is 324 g/mol. The Kier molecular flexibility index (Phi) is 5.11. The predicted molar refractivity (Wildman–Crippen MR) is 88.3 cm³/mol. The highest BCUT2D eigenvalue weighted by Crippen LogP contribution is 2.20. The molecular formula is C16H24N2O3S. The van der Waals surface area contributed by atoms with Gasteiger partial charge >= 0.3 is 0 Å². The van der Waals surface area contributed by atoms with Crippen LogP contribution in [-0.4, -0.2) is 45.1 Å². The number of nitrogens with zero attached hydrogens (tertiary/aromatic N) is 2. The largest absolute Gasteiger partial charge is 0.341 e. The van der Waals surface area contributed by atoms with Crippen LogP contribution < -0.4 is 4.31 Å². The summed E-state index contributed by atoms with van der Waals surface area (Å²) >= 11 is 0. The van der Waals surface area contributed by atoms with Crippen LogP contribution in [0.4, 0.5) is 5.69 Å². The first kappa shape index (κ1) is 16.8. The molecule has 1 saturated heterocycles. The molecule has 0 aromatic heterocycles. The van der Waals surface area contributed by atoms with Gasteiger partial charge in [-0.05, 0) is 37.8 Å². The Balaban J connectivity index is 2.17. The van der Waals surface area contributed by atoms with Gasteiger partial charge in [0.15, 0.2) is 0 Å². The van der Waals surface area contributed by atoms with Crippen LogP contribution in [0.3, 0.4) is 0 Å². The lowest BCUT2D eigenvalue weighted by molar-refractivity contribution is -0.131. The summed E-state index contributed by atoms with van der Waals surface area (Å²) in [6.45, 7) is 5.36. The first-order chi connectivity index (χ1) is 10.3. The molecule has 122 valence electrons. The van der Waals surface area contributed by atoms with Crippen molar-refractivity contribution in [3.63, 3.8) is 0 Å². The minimum Gasteiger partial charge on any atom is -0.341 e. The molecule has 0 unspecified atom stereocenters. The van der Waals surface area contributed by atoms with Gasteiger partial charge in [0.2, 0.25) is 15.9 Å². The standard InChI is InChI=1S/C16H24N2O3S/c1-13-6-8-15(9-7-13)18(22(3,20)21)12-16(19)17-10-4-5-14(2)11-17/h6-9,14H,4-5,10-12H2,1-3H3/t14-/m1/s1. The maximum atomic E-state index is 12.5. The number of aryl methyl sites for hydroxylation is 1. The lowest BCUT2D eigenvalue weighted by Crippen LogP contribution is -2.46. The number of hydrogen-bond acceptors (Lipinski definition) is 3. The molecule has 1 amide bonds. The van der Waals surface area contributed by atoms with Crippen LogP contribution in [0.15, 0.2) is 24.3 Å². The third-order valence-corrected chi connectivity index (χ3v) is 5.15. The zero-order valence-corrected chi connectivity index (χ0v) is 14.3. The Hall–Kier alpha value is -1.56. The number of likely N-dealkylation sites (tertiary alicyclic amines) is 1. The molecule has 1 aromatic rings. The van der Waals surface area contributed by atoms with Gasteiger partial charge < -0.3 is 4.90 Å². The van der Waals surface area contributed by atoms with E-state index in [0.29, 0.717) is 24.7 Å². The molecule has 6 heteroatoms. The SMILES string of the molecule is Cc1ccc(N(CC(=O)N2CCC[C@@H](C)C2)S(C)(=O)=O)cc1. The molecule has 0 bridgehead atoms. The van der Waals surface area contributed by atoms with Gasteiger partial charge in [0, 0.05) is 13.1 Å². The predicted octanol–water partition coefficient (Wildman–Crippen LogP) is 2.02. The molecule has 1 aliphatic rings. The Morgan fingerprint density at radius 2 is 1.95 bits per heavy atom. The van der Waals surface area contributed by atoms with Crippen molar-refractivity contribution >= 4 is 21.6 Å². The Morgan fingerprint density at radius 3 is 2.50 bits per heavy atom. The lowest BCUT2D eigenvalue weighted by Gasteiger charge is -2.33. The van der Waals surface area contributed by atoms with Crippen molar-refractivity contribution in [2.24, 2.45) is 5.92 Å². The summed E-state index contributed by atoms with van der Waals surface area (Å²) in [5.41, 5.74) is 1.58. The third kappa shape index (κ3) is 4.22. The van der Waals surface area contributed by atoms with Crippen LogP contribution in [0.1, 0.15) is 25.3 Å². The van der Waals surface area contributed by atoms with Crippen LogP contribution in [0.5, 0.6) is 0 Å². The van der Waals surface area contributed by atoms with Gasteiger partial charge in [0.25, 0.3) is 0 Å². The highest BCUT2D eigenvalue weighted by molar-refractivity contribution is 7.92. The quantitative estimate of drug-likeness (QED) is 0.851. The van der Waals surface area contributed by atoms with Crippen molar-refractivity contribution in [3.8, 4) is 0 Å². The Bertz CT molecular complexity index is 625. The number of benzene rings is 1. The molecule has 5 nitrogen and oxygen atoms in total. The van der Waals surface area contributed by atoms with Gasteiger partial charge in [0.05, 0.1) is 11.9 Å². The highest BCUT2D eigenvalue weighted by Gasteiger charge is 2.26. The molecule has 1 fully saturated rings. The van der Waals surface area contributed by atoms with E-state index in [9.17, 15) is 13.2 Å². The van der Waals surface area contributed by atoms with E-state index < -0.39 is 10.0 Å². The van der Waals surface area contributed by atoms with E-state index in [1.54, 1.807) is 17.0 Å². The smallest absolute Gasteiger partial charge is 0.243 e. The van der Waals surface area contributed by atoms with Crippen molar-refractivity contribution in [1.82, 2.24) is 4.90 Å². The third-order valence-electron chi connectivity index (χ3n) is 4.01. The van der Waals surface area contributed by atoms with Crippen LogP contribution in [0, 0.1) is 12.8 Å².